The lowest BCUT2D eigenvalue weighted by Crippen LogP contribution is -2.29. The zero-order valence-electron chi connectivity index (χ0n) is 15.9. The molecule has 0 amide bonds. The standard InChI is InChI=1S/C22H18ClN5OS/c23-15-8-9-19(25-13-15)27-11-3-7-18(27)21-20(17-6-1-2-10-24-17)26-22(30)28(21)14-16-5-4-12-29-16/h1-13,20-21H,14H2,(H,26,30)/t20-,21+/m0/s1. The summed E-state index contributed by atoms with van der Waals surface area (Å²) in [6.07, 6.45) is 7.11. The van der Waals surface area contributed by atoms with E-state index in [0.717, 1.165) is 23.0 Å². The lowest BCUT2D eigenvalue weighted by atomic mass is 10.0. The SMILES string of the molecule is S=C1N[C@@H](c2ccccn2)[C@@H](c2cccn2-c2ccc(Cl)cn2)N1Cc1ccco1. The molecule has 0 saturated carbocycles. The summed E-state index contributed by atoms with van der Waals surface area (Å²) in [6, 6.07) is 17.3. The molecule has 0 unspecified atom stereocenters. The zero-order chi connectivity index (χ0) is 20.5. The van der Waals surface area contributed by atoms with E-state index in [4.69, 9.17) is 28.2 Å². The number of rotatable bonds is 5. The molecule has 6 nitrogen and oxygen atoms in total. The Morgan fingerprint density at radius 2 is 2.00 bits per heavy atom. The second kappa shape index (κ2) is 7.93. The van der Waals surface area contributed by atoms with E-state index in [2.05, 4.69) is 30.8 Å². The van der Waals surface area contributed by atoms with Crippen LogP contribution in [0.2, 0.25) is 5.02 Å². The molecule has 0 aliphatic carbocycles. The van der Waals surface area contributed by atoms with E-state index in [1.54, 1.807) is 18.7 Å². The van der Waals surface area contributed by atoms with Crippen molar-refractivity contribution in [2.75, 3.05) is 0 Å². The Balaban J connectivity index is 1.60. The van der Waals surface area contributed by atoms with Crippen LogP contribution in [0.3, 0.4) is 0 Å². The van der Waals surface area contributed by atoms with Gasteiger partial charge in [0.05, 0.1) is 35.6 Å². The van der Waals surface area contributed by atoms with Crippen molar-refractivity contribution in [3.05, 3.63) is 102 Å². The molecule has 2 atom stereocenters. The van der Waals surface area contributed by atoms with Gasteiger partial charge in [-0.05, 0) is 60.7 Å². The molecule has 0 bridgehead atoms. The molecule has 1 aliphatic rings. The molecule has 1 saturated heterocycles. The summed E-state index contributed by atoms with van der Waals surface area (Å²) in [5, 5.41) is 4.71. The highest BCUT2D eigenvalue weighted by Crippen LogP contribution is 2.40. The number of hydrogen-bond donors (Lipinski definition) is 1. The van der Waals surface area contributed by atoms with E-state index in [-0.39, 0.29) is 12.1 Å². The molecule has 0 radical (unpaired) electrons. The maximum absolute atomic E-state index is 6.04. The van der Waals surface area contributed by atoms with Crippen LogP contribution in [-0.4, -0.2) is 24.5 Å². The molecule has 8 heteroatoms. The second-order valence-electron chi connectivity index (χ2n) is 6.97. The first-order valence-corrected chi connectivity index (χ1v) is 10.3. The van der Waals surface area contributed by atoms with E-state index in [0.29, 0.717) is 16.7 Å². The lowest BCUT2D eigenvalue weighted by Gasteiger charge is -2.28. The minimum absolute atomic E-state index is 0.107. The quantitative estimate of drug-likeness (QED) is 0.459. The van der Waals surface area contributed by atoms with Crippen molar-refractivity contribution in [3.8, 4) is 5.82 Å². The molecule has 0 spiro atoms. The molecule has 5 heterocycles. The molecule has 4 aromatic rings. The van der Waals surface area contributed by atoms with E-state index >= 15 is 0 Å². The maximum Gasteiger partial charge on any atom is 0.170 e. The van der Waals surface area contributed by atoms with Crippen molar-refractivity contribution in [1.82, 2.24) is 24.8 Å². The number of halogens is 1. The number of nitrogens with one attached hydrogen (secondary N) is 1. The summed E-state index contributed by atoms with van der Waals surface area (Å²) in [6.45, 7) is 0.548. The van der Waals surface area contributed by atoms with Crippen molar-refractivity contribution in [2.24, 2.45) is 0 Å². The summed E-state index contributed by atoms with van der Waals surface area (Å²) >= 11 is 11.8. The van der Waals surface area contributed by atoms with Crippen molar-refractivity contribution >= 4 is 28.9 Å². The summed E-state index contributed by atoms with van der Waals surface area (Å²) in [7, 11) is 0. The molecule has 4 aromatic heterocycles. The molecule has 0 aromatic carbocycles. The Labute approximate surface area is 184 Å². The molecular formula is C22H18ClN5OS. The molecular weight excluding hydrogens is 418 g/mol. The average molecular weight is 436 g/mol. The third kappa shape index (κ3) is 3.46. The van der Waals surface area contributed by atoms with Crippen molar-refractivity contribution in [1.29, 1.82) is 0 Å². The van der Waals surface area contributed by atoms with Gasteiger partial charge in [-0.3, -0.25) is 4.98 Å². The van der Waals surface area contributed by atoms with Gasteiger partial charge in [-0.1, -0.05) is 17.7 Å². The third-order valence-corrected chi connectivity index (χ3v) is 5.72. The largest absolute Gasteiger partial charge is 0.467 e. The monoisotopic (exact) mass is 435 g/mol. The van der Waals surface area contributed by atoms with Crippen LogP contribution in [0.15, 0.2) is 83.9 Å². The average Bonchev–Trinajstić information content (AvgIpc) is 3.51. The van der Waals surface area contributed by atoms with E-state index in [9.17, 15) is 0 Å². The number of hydrogen-bond acceptors (Lipinski definition) is 4. The van der Waals surface area contributed by atoms with E-state index < -0.39 is 0 Å². The number of pyridine rings is 2. The van der Waals surface area contributed by atoms with Gasteiger partial charge in [-0.15, -0.1) is 0 Å². The van der Waals surface area contributed by atoms with E-state index in [1.165, 1.54) is 0 Å². The molecule has 1 fully saturated rings. The predicted octanol–water partition coefficient (Wildman–Crippen LogP) is 4.69. The van der Waals surface area contributed by atoms with Crippen molar-refractivity contribution in [3.63, 3.8) is 0 Å². The van der Waals surface area contributed by atoms with Gasteiger partial charge in [0.1, 0.15) is 11.6 Å². The summed E-state index contributed by atoms with van der Waals surface area (Å²) in [5.41, 5.74) is 1.96. The zero-order valence-corrected chi connectivity index (χ0v) is 17.4. The van der Waals surface area contributed by atoms with Gasteiger partial charge in [-0.25, -0.2) is 4.98 Å². The summed E-state index contributed by atoms with van der Waals surface area (Å²) in [4.78, 5) is 11.2. The van der Waals surface area contributed by atoms with E-state index in [1.807, 2.05) is 54.7 Å². The maximum atomic E-state index is 6.04. The molecule has 5 rings (SSSR count). The summed E-state index contributed by atoms with van der Waals surface area (Å²) < 4.78 is 7.66. The third-order valence-electron chi connectivity index (χ3n) is 5.15. The fourth-order valence-corrected chi connectivity index (χ4v) is 4.24. The molecule has 1 N–H and O–H groups in total. The Hall–Kier alpha value is -3.16. The van der Waals surface area contributed by atoms with Gasteiger partial charge in [0, 0.05) is 24.3 Å². The predicted molar refractivity (Wildman–Crippen MR) is 118 cm³/mol. The fourth-order valence-electron chi connectivity index (χ4n) is 3.82. The second-order valence-corrected chi connectivity index (χ2v) is 7.79. The van der Waals surface area contributed by atoms with Crippen molar-refractivity contribution in [2.45, 2.75) is 18.6 Å². The van der Waals surface area contributed by atoms with Crippen LogP contribution >= 0.6 is 23.8 Å². The van der Waals surface area contributed by atoms with Crippen molar-refractivity contribution < 1.29 is 4.42 Å². The normalized spacial score (nSPS) is 18.6. The first-order chi connectivity index (χ1) is 14.7. The van der Waals surface area contributed by atoms with Crippen LogP contribution in [0.5, 0.6) is 0 Å². The Morgan fingerprint density at radius 1 is 1.07 bits per heavy atom. The first kappa shape index (κ1) is 18.8. The van der Waals surface area contributed by atoms with Crippen LogP contribution in [-0.2, 0) is 6.54 Å². The topological polar surface area (TPSA) is 59.1 Å². The molecule has 1 aliphatic heterocycles. The highest BCUT2D eigenvalue weighted by Gasteiger charge is 2.41. The van der Waals surface area contributed by atoms with Crippen LogP contribution in [0.25, 0.3) is 5.82 Å². The van der Waals surface area contributed by atoms with Crippen LogP contribution in [0.1, 0.15) is 29.2 Å². The van der Waals surface area contributed by atoms with Gasteiger partial charge < -0.3 is 19.2 Å². The summed E-state index contributed by atoms with van der Waals surface area (Å²) in [5.74, 6) is 1.63. The minimum atomic E-state index is -0.116. The first-order valence-electron chi connectivity index (χ1n) is 9.50. The Kier molecular flexibility index (Phi) is 4.98. The van der Waals surface area contributed by atoms with Gasteiger partial charge in [-0.2, -0.15) is 0 Å². The van der Waals surface area contributed by atoms with Gasteiger partial charge >= 0.3 is 0 Å². The van der Waals surface area contributed by atoms with Gasteiger partial charge in [0.25, 0.3) is 0 Å². The van der Waals surface area contributed by atoms with Gasteiger partial charge in [0.2, 0.25) is 0 Å². The highest BCUT2D eigenvalue weighted by molar-refractivity contribution is 7.80. The minimum Gasteiger partial charge on any atom is -0.467 e. The number of aromatic nitrogens is 3. The number of nitrogens with zero attached hydrogens (tertiary/aromatic N) is 4. The lowest BCUT2D eigenvalue weighted by molar-refractivity contribution is 0.280. The fraction of sp³-hybridized carbons (Fsp3) is 0.136. The number of furan rings is 1. The highest BCUT2D eigenvalue weighted by atomic mass is 35.5. The van der Waals surface area contributed by atoms with Crippen LogP contribution in [0.4, 0.5) is 0 Å². The molecule has 150 valence electrons. The Morgan fingerprint density at radius 3 is 2.73 bits per heavy atom. The number of thiocarbonyl (C=S) groups is 1. The smallest absolute Gasteiger partial charge is 0.170 e. The van der Waals surface area contributed by atoms with Crippen LogP contribution < -0.4 is 5.32 Å². The van der Waals surface area contributed by atoms with Crippen LogP contribution in [0, 0.1) is 0 Å². The van der Waals surface area contributed by atoms with Gasteiger partial charge in [0.15, 0.2) is 5.11 Å². The molecule has 30 heavy (non-hydrogen) atoms. The Bertz CT molecular complexity index is 1140.